The summed E-state index contributed by atoms with van der Waals surface area (Å²) < 4.78 is 1.51. The van der Waals surface area contributed by atoms with E-state index >= 15 is 0 Å². The van der Waals surface area contributed by atoms with E-state index < -0.39 is 0 Å². The van der Waals surface area contributed by atoms with Crippen molar-refractivity contribution in [2.45, 2.75) is 19.0 Å². The fourth-order valence-corrected chi connectivity index (χ4v) is 3.84. The molecule has 1 fully saturated rings. The Labute approximate surface area is 167 Å². The Morgan fingerprint density at radius 2 is 2.07 bits per heavy atom. The van der Waals surface area contributed by atoms with Crippen molar-refractivity contribution in [3.05, 3.63) is 75.8 Å². The van der Waals surface area contributed by atoms with E-state index in [0.717, 1.165) is 12.1 Å². The third kappa shape index (κ3) is 3.79. The van der Waals surface area contributed by atoms with E-state index in [1.54, 1.807) is 6.07 Å². The van der Waals surface area contributed by atoms with Gasteiger partial charge in [-0.25, -0.2) is 4.98 Å². The summed E-state index contributed by atoms with van der Waals surface area (Å²) in [6.07, 6.45) is 1.77. The summed E-state index contributed by atoms with van der Waals surface area (Å²) >= 11 is 6.13. The predicted octanol–water partition coefficient (Wildman–Crippen LogP) is 2.61. The van der Waals surface area contributed by atoms with Gasteiger partial charge in [0, 0.05) is 37.6 Å². The number of piperazine rings is 1. The normalized spacial score (nSPS) is 17.0. The zero-order chi connectivity index (χ0) is 19.5. The molecule has 0 bridgehead atoms. The lowest BCUT2D eigenvalue weighted by Gasteiger charge is -2.36. The third-order valence-electron chi connectivity index (χ3n) is 5.10. The molecule has 0 saturated carbocycles. The molecule has 1 saturated heterocycles. The molecule has 0 aliphatic carbocycles. The molecule has 6 nitrogen and oxygen atoms in total. The highest BCUT2D eigenvalue weighted by Crippen LogP contribution is 2.25. The van der Waals surface area contributed by atoms with Crippen LogP contribution < -0.4 is 10.9 Å². The minimum absolute atomic E-state index is 0.0199. The third-order valence-corrected chi connectivity index (χ3v) is 5.33. The molecule has 0 radical (unpaired) electrons. The highest BCUT2D eigenvalue weighted by Gasteiger charge is 2.27. The lowest BCUT2D eigenvalue weighted by molar-refractivity contribution is -0.134. The van der Waals surface area contributed by atoms with Crippen LogP contribution >= 0.6 is 11.6 Å². The van der Waals surface area contributed by atoms with Crippen LogP contribution in [0.25, 0.3) is 10.9 Å². The summed E-state index contributed by atoms with van der Waals surface area (Å²) in [6, 6.07) is 14.8. The number of carbonyl (C=O) groups excluding carboxylic acids is 1. The van der Waals surface area contributed by atoms with Gasteiger partial charge in [0.15, 0.2) is 0 Å². The number of halogens is 1. The van der Waals surface area contributed by atoms with Gasteiger partial charge in [-0.1, -0.05) is 35.9 Å². The van der Waals surface area contributed by atoms with Crippen LogP contribution in [0.2, 0.25) is 5.02 Å². The standard InChI is InChI=1S/C21H21ClN4O2/c22-16-5-3-4-15(12-16)19-13-23-9-11-26(19)20(27)8-10-25-14-24-18-7-2-1-6-17(18)21(25)28/h1-7,12,14,19,23H,8-11,13H2. The molecule has 1 amide bonds. The van der Waals surface area contributed by atoms with E-state index in [-0.39, 0.29) is 23.9 Å². The molecule has 1 aliphatic heterocycles. The summed E-state index contributed by atoms with van der Waals surface area (Å²) in [5, 5.41) is 4.56. The van der Waals surface area contributed by atoms with Crippen molar-refractivity contribution in [1.82, 2.24) is 19.8 Å². The maximum absolute atomic E-state index is 12.9. The van der Waals surface area contributed by atoms with Crippen LogP contribution in [0.15, 0.2) is 59.7 Å². The number of para-hydroxylation sites is 1. The summed E-state index contributed by atoms with van der Waals surface area (Å²) in [6.45, 7) is 2.37. The van der Waals surface area contributed by atoms with Gasteiger partial charge in [0.2, 0.25) is 5.91 Å². The van der Waals surface area contributed by atoms with Crippen LogP contribution in [-0.4, -0.2) is 40.0 Å². The smallest absolute Gasteiger partial charge is 0.261 e. The predicted molar refractivity (Wildman–Crippen MR) is 109 cm³/mol. The highest BCUT2D eigenvalue weighted by atomic mass is 35.5. The molecule has 1 unspecified atom stereocenters. The molecule has 1 atom stereocenters. The van der Waals surface area contributed by atoms with Crippen LogP contribution in [0.5, 0.6) is 0 Å². The van der Waals surface area contributed by atoms with Gasteiger partial charge >= 0.3 is 0 Å². The number of rotatable bonds is 4. The van der Waals surface area contributed by atoms with Gasteiger partial charge in [0.25, 0.3) is 5.56 Å². The number of carbonyl (C=O) groups is 1. The van der Waals surface area contributed by atoms with Crippen molar-refractivity contribution in [3.63, 3.8) is 0 Å². The van der Waals surface area contributed by atoms with Crippen molar-refractivity contribution in [3.8, 4) is 0 Å². The zero-order valence-electron chi connectivity index (χ0n) is 15.3. The van der Waals surface area contributed by atoms with Crippen molar-refractivity contribution >= 4 is 28.4 Å². The Balaban J connectivity index is 1.51. The van der Waals surface area contributed by atoms with Crippen LogP contribution in [0.1, 0.15) is 18.0 Å². The second-order valence-electron chi connectivity index (χ2n) is 6.87. The molecule has 2 heterocycles. The molecule has 0 spiro atoms. The number of hydrogen-bond donors (Lipinski definition) is 1. The minimum atomic E-state index is -0.120. The number of aryl methyl sites for hydroxylation is 1. The molecule has 28 heavy (non-hydrogen) atoms. The zero-order valence-corrected chi connectivity index (χ0v) is 16.1. The summed E-state index contributed by atoms with van der Waals surface area (Å²) in [4.78, 5) is 31.8. The molecule has 2 aromatic carbocycles. The van der Waals surface area contributed by atoms with E-state index in [2.05, 4.69) is 10.3 Å². The Morgan fingerprint density at radius 3 is 2.93 bits per heavy atom. The number of benzene rings is 2. The van der Waals surface area contributed by atoms with Gasteiger partial charge in [0.05, 0.1) is 23.3 Å². The fourth-order valence-electron chi connectivity index (χ4n) is 3.64. The van der Waals surface area contributed by atoms with E-state index in [4.69, 9.17) is 11.6 Å². The summed E-state index contributed by atoms with van der Waals surface area (Å²) in [5.74, 6) is 0.0199. The quantitative estimate of drug-likeness (QED) is 0.736. The van der Waals surface area contributed by atoms with Gasteiger partial charge in [0.1, 0.15) is 0 Å². The first-order chi connectivity index (χ1) is 13.6. The Kier molecular flexibility index (Phi) is 5.41. The average Bonchev–Trinajstić information content (AvgIpc) is 2.73. The van der Waals surface area contributed by atoms with Crippen molar-refractivity contribution in [2.75, 3.05) is 19.6 Å². The van der Waals surface area contributed by atoms with E-state index in [1.807, 2.05) is 47.4 Å². The van der Waals surface area contributed by atoms with Crippen LogP contribution in [0.4, 0.5) is 0 Å². The molecule has 3 aromatic rings. The molecular formula is C21H21ClN4O2. The average molecular weight is 397 g/mol. The first-order valence-electron chi connectivity index (χ1n) is 9.33. The number of fused-ring (bicyclic) bond motifs is 1. The number of hydrogen-bond acceptors (Lipinski definition) is 4. The first kappa shape index (κ1) is 18.7. The Morgan fingerprint density at radius 1 is 1.21 bits per heavy atom. The van der Waals surface area contributed by atoms with Crippen molar-refractivity contribution in [1.29, 1.82) is 0 Å². The Bertz CT molecular complexity index is 1070. The fraction of sp³-hybridized carbons (Fsp3) is 0.286. The summed E-state index contributed by atoms with van der Waals surface area (Å²) in [7, 11) is 0. The topological polar surface area (TPSA) is 67.2 Å². The maximum atomic E-state index is 12.9. The number of nitrogens with zero attached hydrogens (tertiary/aromatic N) is 3. The van der Waals surface area contributed by atoms with E-state index in [9.17, 15) is 9.59 Å². The van der Waals surface area contributed by atoms with Gasteiger partial charge < -0.3 is 10.2 Å². The molecular weight excluding hydrogens is 376 g/mol. The lowest BCUT2D eigenvalue weighted by atomic mass is 10.0. The summed E-state index contributed by atoms with van der Waals surface area (Å²) in [5.41, 5.74) is 1.56. The minimum Gasteiger partial charge on any atom is -0.333 e. The molecule has 144 valence electrons. The first-order valence-corrected chi connectivity index (χ1v) is 9.71. The molecule has 4 rings (SSSR count). The highest BCUT2D eigenvalue weighted by molar-refractivity contribution is 6.30. The lowest BCUT2D eigenvalue weighted by Crippen LogP contribution is -2.49. The largest absolute Gasteiger partial charge is 0.333 e. The second-order valence-corrected chi connectivity index (χ2v) is 7.31. The van der Waals surface area contributed by atoms with Gasteiger partial charge in [-0.05, 0) is 29.8 Å². The molecule has 1 aromatic heterocycles. The second kappa shape index (κ2) is 8.12. The van der Waals surface area contributed by atoms with Gasteiger partial charge in [-0.15, -0.1) is 0 Å². The van der Waals surface area contributed by atoms with Gasteiger partial charge in [-0.3, -0.25) is 14.2 Å². The van der Waals surface area contributed by atoms with E-state index in [1.165, 1.54) is 10.9 Å². The Hall–Kier alpha value is -2.70. The van der Waals surface area contributed by atoms with Crippen LogP contribution in [0.3, 0.4) is 0 Å². The van der Waals surface area contributed by atoms with Gasteiger partial charge in [-0.2, -0.15) is 0 Å². The number of nitrogens with one attached hydrogen (secondary N) is 1. The molecule has 1 N–H and O–H groups in total. The van der Waals surface area contributed by atoms with Crippen molar-refractivity contribution < 1.29 is 4.79 Å². The van der Waals surface area contributed by atoms with Crippen LogP contribution in [0, 0.1) is 0 Å². The SMILES string of the molecule is O=C(CCn1cnc2ccccc2c1=O)N1CCNCC1c1cccc(Cl)c1. The molecule has 1 aliphatic rings. The van der Waals surface area contributed by atoms with Crippen LogP contribution in [-0.2, 0) is 11.3 Å². The van der Waals surface area contributed by atoms with E-state index in [0.29, 0.717) is 35.6 Å². The number of amides is 1. The maximum Gasteiger partial charge on any atom is 0.261 e. The monoisotopic (exact) mass is 396 g/mol. The van der Waals surface area contributed by atoms with Crippen molar-refractivity contribution in [2.24, 2.45) is 0 Å². The number of aromatic nitrogens is 2. The molecule has 7 heteroatoms.